The Morgan fingerprint density at radius 2 is 1.74 bits per heavy atom. The monoisotopic (exact) mass is 497 g/mol. The largest absolute Gasteiger partial charge is 0.339 e. The number of aryl methyl sites for hydroxylation is 2. The van der Waals surface area contributed by atoms with Crippen LogP contribution in [0.4, 0.5) is 11.4 Å². The van der Waals surface area contributed by atoms with Gasteiger partial charge in [0.2, 0.25) is 33.6 Å². The molecule has 0 radical (unpaired) electrons. The van der Waals surface area contributed by atoms with E-state index < -0.39 is 15.9 Å². The van der Waals surface area contributed by atoms with Gasteiger partial charge in [0.05, 0.1) is 10.8 Å². The zero-order valence-corrected chi connectivity index (χ0v) is 20.6. The molecule has 10 nitrogen and oxygen atoms in total. The summed E-state index contributed by atoms with van der Waals surface area (Å²) in [6.45, 7) is 5.24. The Bertz CT molecular complexity index is 1350. The molecule has 4 rings (SSSR count). The summed E-state index contributed by atoms with van der Waals surface area (Å²) in [5.74, 6) is -0.209. The molecule has 0 aliphatic carbocycles. The highest BCUT2D eigenvalue weighted by Gasteiger charge is 2.34. The first-order valence-electron chi connectivity index (χ1n) is 11.2. The van der Waals surface area contributed by atoms with E-state index in [4.69, 9.17) is 4.52 Å². The third kappa shape index (κ3) is 5.57. The number of nitrogens with zero attached hydrogens (tertiary/aromatic N) is 3. The first kappa shape index (κ1) is 24.6. The van der Waals surface area contributed by atoms with E-state index >= 15 is 0 Å². The number of rotatable bonds is 6. The Kier molecular flexibility index (Phi) is 6.99. The zero-order valence-electron chi connectivity index (χ0n) is 19.7. The van der Waals surface area contributed by atoms with Gasteiger partial charge in [-0.1, -0.05) is 17.3 Å². The van der Waals surface area contributed by atoms with Crippen LogP contribution in [0.1, 0.15) is 31.2 Å². The van der Waals surface area contributed by atoms with Gasteiger partial charge in [-0.3, -0.25) is 9.59 Å². The maximum atomic E-state index is 13.5. The minimum atomic E-state index is -3.85. The lowest BCUT2D eigenvalue weighted by Crippen LogP contribution is -2.43. The summed E-state index contributed by atoms with van der Waals surface area (Å²) < 4.78 is 33.5. The van der Waals surface area contributed by atoms with Gasteiger partial charge >= 0.3 is 0 Å². The van der Waals surface area contributed by atoms with Crippen molar-refractivity contribution in [1.29, 1.82) is 0 Å². The molecule has 11 heteroatoms. The molecule has 1 aliphatic rings. The number of sulfonamides is 1. The second-order valence-corrected chi connectivity index (χ2v) is 10.5. The molecule has 1 atom stereocenters. The van der Waals surface area contributed by atoms with Crippen molar-refractivity contribution in [2.45, 2.75) is 38.5 Å². The number of carbonyl (C=O) groups excluding carboxylic acids is 2. The Morgan fingerprint density at radius 3 is 2.37 bits per heavy atom. The molecule has 184 valence electrons. The minimum absolute atomic E-state index is 0.0864. The normalized spacial score (nSPS) is 16.6. The van der Waals surface area contributed by atoms with Gasteiger partial charge in [0.25, 0.3) is 0 Å². The van der Waals surface area contributed by atoms with Gasteiger partial charge < -0.3 is 15.2 Å². The van der Waals surface area contributed by atoms with Crippen LogP contribution in [0.25, 0.3) is 11.4 Å². The van der Waals surface area contributed by atoms with E-state index in [9.17, 15) is 18.0 Å². The van der Waals surface area contributed by atoms with E-state index in [1.807, 2.05) is 0 Å². The quantitative estimate of drug-likeness (QED) is 0.533. The van der Waals surface area contributed by atoms with Crippen LogP contribution < -0.4 is 10.6 Å². The van der Waals surface area contributed by atoms with Crippen molar-refractivity contribution in [3.63, 3.8) is 0 Å². The average molecular weight is 498 g/mol. The fourth-order valence-corrected chi connectivity index (χ4v) is 5.81. The van der Waals surface area contributed by atoms with Crippen LogP contribution in [0.5, 0.6) is 0 Å². The molecular weight excluding hydrogens is 470 g/mol. The lowest BCUT2D eigenvalue weighted by molar-refractivity contribution is -0.121. The smallest absolute Gasteiger partial charge is 0.243 e. The van der Waals surface area contributed by atoms with Crippen LogP contribution >= 0.6 is 0 Å². The SMILES string of the molecule is CC(=O)Nc1ccc(NC(=O)[C@@H]2CCCN(S(=O)(=O)c3cc(-c4noc(C)n4)ccc3C)C2)cc1. The molecule has 1 aromatic heterocycles. The van der Waals surface area contributed by atoms with Crippen LogP contribution in [-0.4, -0.2) is 47.8 Å². The summed E-state index contributed by atoms with van der Waals surface area (Å²) in [6, 6.07) is 11.8. The third-order valence-electron chi connectivity index (χ3n) is 5.82. The zero-order chi connectivity index (χ0) is 25.2. The first-order chi connectivity index (χ1) is 16.6. The summed E-state index contributed by atoms with van der Waals surface area (Å²) in [6.07, 6.45) is 1.16. The molecule has 3 aromatic rings. The molecular formula is C24H27N5O5S. The van der Waals surface area contributed by atoms with Crippen molar-refractivity contribution < 1.29 is 22.5 Å². The Hall–Kier alpha value is -3.57. The summed E-state index contributed by atoms with van der Waals surface area (Å²) in [5, 5.41) is 9.39. The lowest BCUT2D eigenvalue weighted by atomic mass is 9.98. The van der Waals surface area contributed by atoms with Crippen molar-refractivity contribution >= 4 is 33.2 Å². The van der Waals surface area contributed by atoms with E-state index in [2.05, 4.69) is 20.8 Å². The summed E-state index contributed by atoms with van der Waals surface area (Å²) >= 11 is 0. The third-order valence-corrected chi connectivity index (χ3v) is 7.83. The van der Waals surface area contributed by atoms with Gasteiger partial charge in [0.1, 0.15) is 0 Å². The van der Waals surface area contributed by atoms with Gasteiger partial charge in [-0.05, 0) is 55.7 Å². The van der Waals surface area contributed by atoms with E-state index in [1.54, 1.807) is 56.3 Å². The van der Waals surface area contributed by atoms with Gasteiger partial charge in [-0.25, -0.2) is 8.42 Å². The number of hydrogen-bond acceptors (Lipinski definition) is 7. The van der Waals surface area contributed by atoms with Crippen LogP contribution in [-0.2, 0) is 19.6 Å². The minimum Gasteiger partial charge on any atom is -0.339 e. The van der Waals surface area contributed by atoms with Crippen molar-refractivity contribution in [3.05, 3.63) is 53.9 Å². The molecule has 0 unspecified atom stereocenters. The fraction of sp³-hybridized carbons (Fsp3) is 0.333. The number of aromatic nitrogens is 2. The number of hydrogen-bond donors (Lipinski definition) is 2. The first-order valence-corrected chi connectivity index (χ1v) is 12.7. The van der Waals surface area contributed by atoms with E-state index in [1.165, 1.54) is 11.2 Å². The van der Waals surface area contributed by atoms with Crippen molar-refractivity contribution in [1.82, 2.24) is 14.4 Å². The molecule has 2 aromatic carbocycles. The predicted molar refractivity (Wildman–Crippen MR) is 130 cm³/mol. The fourth-order valence-electron chi connectivity index (χ4n) is 4.03. The van der Waals surface area contributed by atoms with Crippen molar-refractivity contribution in [2.75, 3.05) is 23.7 Å². The Labute approximate surface area is 203 Å². The molecule has 1 aliphatic heterocycles. The highest BCUT2D eigenvalue weighted by molar-refractivity contribution is 7.89. The maximum absolute atomic E-state index is 13.5. The molecule has 1 saturated heterocycles. The molecule has 35 heavy (non-hydrogen) atoms. The second-order valence-electron chi connectivity index (χ2n) is 8.57. The molecule has 2 heterocycles. The molecule has 2 amide bonds. The number of nitrogens with one attached hydrogen (secondary N) is 2. The highest BCUT2D eigenvalue weighted by Crippen LogP contribution is 2.29. The van der Waals surface area contributed by atoms with Crippen LogP contribution in [0, 0.1) is 19.8 Å². The predicted octanol–water partition coefficient (Wildman–Crippen LogP) is 3.35. The summed E-state index contributed by atoms with van der Waals surface area (Å²) in [5.41, 5.74) is 2.34. The van der Waals surface area contributed by atoms with Crippen molar-refractivity contribution in [2.24, 2.45) is 5.92 Å². The lowest BCUT2D eigenvalue weighted by Gasteiger charge is -2.31. The summed E-state index contributed by atoms with van der Waals surface area (Å²) in [7, 11) is -3.85. The Balaban J connectivity index is 1.49. The summed E-state index contributed by atoms with van der Waals surface area (Å²) in [4.78, 5) is 28.4. The van der Waals surface area contributed by atoms with Gasteiger partial charge in [0, 0.05) is 43.9 Å². The molecule has 0 saturated carbocycles. The molecule has 0 bridgehead atoms. The van der Waals surface area contributed by atoms with Gasteiger partial charge in [-0.15, -0.1) is 0 Å². The average Bonchev–Trinajstić information content (AvgIpc) is 3.26. The topological polar surface area (TPSA) is 134 Å². The highest BCUT2D eigenvalue weighted by atomic mass is 32.2. The molecule has 1 fully saturated rings. The standard InChI is InChI=1S/C24H27N5O5S/c1-15-6-7-18(23-26-17(3)34-28-23)13-22(15)35(32,33)29-12-4-5-19(14-29)24(31)27-21-10-8-20(9-11-21)25-16(2)30/h6-11,13,19H,4-5,12,14H2,1-3H3,(H,25,30)(H,27,31)/t19-/m1/s1. The number of amides is 2. The van der Waals surface area contributed by atoms with E-state index in [0.29, 0.717) is 53.6 Å². The van der Waals surface area contributed by atoms with Gasteiger partial charge in [-0.2, -0.15) is 9.29 Å². The molecule has 2 N–H and O–H groups in total. The maximum Gasteiger partial charge on any atom is 0.243 e. The van der Waals surface area contributed by atoms with E-state index in [0.717, 1.165) is 0 Å². The second kappa shape index (κ2) is 9.96. The van der Waals surface area contributed by atoms with Crippen molar-refractivity contribution in [3.8, 4) is 11.4 Å². The number of benzene rings is 2. The van der Waals surface area contributed by atoms with E-state index in [-0.39, 0.29) is 23.3 Å². The van der Waals surface area contributed by atoms with Gasteiger partial charge in [0.15, 0.2) is 0 Å². The number of anilines is 2. The Morgan fingerprint density at radius 1 is 1.06 bits per heavy atom. The van der Waals surface area contributed by atoms with Crippen LogP contribution in [0.2, 0.25) is 0 Å². The van der Waals surface area contributed by atoms with Crippen LogP contribution in [0.15, 0.2) is 51.9 Å². The number of carbonyl (C=O) groups is 2. The van der Waals surface area contributed by atoms with Crippen LogP contribution in [0.3, 0.4) is 0 Å². The number of piperidine rings is 1. The molecule has 0 spiro atoms.